The van der Waals surface area contributed by atoms with Gasteiger partial charge in [-0.05, 0) is 36.4 Å². The van der Waals surface area contributed by atoms with Crippen LogP contribution in [0.3, 0.4) is 0 Å². The van der Waals surface area contributed by atoms with E-state index in [0.717, 1.165) is 57.4 Å². The summed E-state index contributed by atoms with van der Waals surface area (Å²) in [7, 11) is 0. The molecule has 74 heavy (non-hydrogen) atoms. The summed E-state index contributed by atoms with van der Waals surface area (Å²) in [6.45, 7) is -1.41. The Hall–Kier alpha value is -8.53. The van der Waals surface area contributed by atoms with Crippen molar-refractivity contribution in [2.75, 3.05) is 53.4 Å². The number of aromatic carboxylic acids is 1. The number of nitrogens with zero attached hydrogens (tertiary/aromatic N) is 2. The third kappa shape index (κ3) is 14.8. The van der Waals surface area contributed by atoms with Gasteiger partial charge in [0.15, 0.2) is 11.9 Å². The number of benzene rings is 3. The van der Waals surface area contributed by atoms with Crippen molar-refractivity contribution in [1.82, 2.24) is 9.80 Å². The number of carboxylic acid groups (broad SMARTS) is 1. The lowest BCUT2D eigenvalue weighted by molar-refractivity contribution is -0.171. The van der Waals surface area contributed by atoms with Crippen LogP contribution in [0.25, 0.3) is 0 Å². The minimum absolute atomic E-state index is 0.0118. The number of fused-ring (bicyclic) bond motifs is 6. The summed E-state index contributed by atoms with van der Waals surface area (Å²) >= 11 is 0. The lowest BCUT2D eigenvalue weighted by atomic mass is 9.76. The quantitative estimate of drug-likeness (QED) is 0.0588. The van der Waals surface area contributed by atoms with Crippen LogP contribution < -0.4 is 14.2 Å². The van der Waals surface area contributed by atoms with Crippen molar-refractivity contribution < 1.29 is 120 Å². The first kappa shape index (κ1) is 56.4. The van der Waals surface area contributed by atoms with Crippen LogP contribution >= 0.6 is 0 Å². The minimum atomic E-state index is -2.07. The number of hydrogen-bond acceptors (Lipinski definition) is 26. The Balaban J connectivity index is 1.79. The predicted octanol–water partition coefficient (Wildman–Crippen LogP) is 1.51. The molecule has 2 heterocycles. The molecule has 5 rings (SSSR count). The third-order valence-corrected chi connectivity index (χ3v) is 10.2. The summed E-state index contributed by atoms with van der Waals surface area (Å²) in [6.07, 6.45) is -1.89. The highest BCUT2D eigenvalue weighted by atomic mass is 16.7. The van der Waals surface area contributed by atoms with E-state index in [2.05, 4.69) is 0 Å². The Kier molecular flexibility index (Phi) is 19.2. The van der Waals surface area contributed by atoms with Crippen molar-refractivity contribution in [2.45, 2.75) is 66.5 Å². The van der Waals surface area contributed by atoms with E-state index in [-0.39, 0.29) is 61.9 Å². The van der Waals surface area contributed by atoms with Gasteiger partial charge in [0.2, 0.25) is 27.2 Å². The fraction of sp³-hybridized carbons (Fsp3) is 0.383. The molecule has 3 aromatic carbocycles. The van der Waals surface area contributed by atoms with Gasteiger partial charge >= 0.3 is 65.7 Å². The molecule has 1 unspecified atom stereocenters. The molecule has 1 spiro atoms. The van der Waals surface area contributed by atoms with E-state index in [1.54, 1.807) is 0 Å². The maximum Gasteiger partial charge on any atom is 0.335 e. The summed E-state index contributed by atoms with van der Waals surface area (Å²) in [5.74, 6) is -11.8. The van der Waals surface area contributed by atoms with Crippen LogP contribution in [-0.4, -0.2) is 139 Å². The second kappa shape index (κ2) is 25.2. The van der Waals surface area contributed by atoms with E-state index in [1.807, 2.05) is 0 Å². The molecule has 0 radical (unpaired) electrons. The number of ether oxygens (including phenoxy) is 12. The fourth-order valence-electron chi connectivity index (χ4n) is 7.40. The topological polar surface area (TPSA) is 345 Å². The zero-order valence-electron chi connectivity index (χ0n) is 40.4. The number of hydrogen-bond donors (Lipinski definition) is 2. The number of carboxylic acids is 1. The average molecular weight is 1040 g/mol. The summed E-state index contributed by atoms with van der Waals surface area (Å²) in [5, 5.41) is 21.7. The van der Waals surface area contributed by atoms with Crippen molar-refractivity contribution in [3.05, 3.63) is 81.4 Å². The molecule has 2 aliphatic rings. The molecule has 27 nitrogen and oxygen atoms in total. The summed E-state index contributed by atoms with van der Waals surface area (Å²) in [6, 6.07) is 9.06. The molecule has 3 aromatic rings. The molecule has 2 N–H and O–H groups in total. The zero-order valence-corrected chi connectivity index (χ0v) is 40.4. The van der Waals surface area contributed by atoms with Crippen LogP contribution in [0.5, 0.6) is 23.0 Å². The number of aliphatic hydroxyl groups is 1. The number of rotatable bonds is 23. The zero-order chi connectivity index (χ0) is 54.4. The van der Waals surface area contributed by atoms with Gasteiger partial charge in [-0.15, -0.1) is 0 Å². The molecular formula is C47H48N2O25. The maximum absolute atomic E-state index is 13.2. The van der Waals surface area contributed by atoms with Crippen LogP contribution in [0.1, 0.15) is 91.6 Å². The molecule has 0 aromatic heterocycles. The number of aliphatic hydroxyl groups excluding tert-OH is 1. The van der Waals surface area contributed by atoms with Gasteiger partial charge in [0.1, 0.15) is 23.0 Å². The molecule has 396 valence electrons. The summed E-state index contributed by atoms with van der Waals surface area (Å²) < 4.78 is 63.5. The van der Waals surface area contributed by atoms with Gasteiger partial charge in [-0.25, -0.2) is 4.79 Å². The van der Waals surface area contributed by atoms with Crippen molar-refractivity contribution in [3.63, 3.8) is 0 Å². The van der Waals surface area contributed by atoms with E-state index in [1.165, 1.54) is 36.4 Å². The molecule has 0 fully saturated rings. The van der Waals surface area contributed by atoms with Crippen LogP contribution in [0, 0.1) is 0 Å². The van der Waals surface area contributed by atoms with Crippen LogP contribution in [-0.2, 0) is 109 Å². The number of carbonyl (C=O) groups is 11. The molecule has 0 saturated heterocycles. The van der Waals surface area contributed by atoms with Crippen molar-refractivity contribution in [3.8, 4) is 23.0 Å². The monoisotopic (exact) mass is 1040 g/mol. The highest BCUT2D eigenvalue weighted by molar-refractivity contribution is 5.88. The lowest BCUT2D eigenvalue weighted by Gasteiger charge is -2.40. The molecule has 0 bridgehead atoms. The Morgan fingerprint density at radius 3 is 1.18 bits per heavy atom. The standard InChI is InChI=1S/C47H48N2O25/c1-24(50)63-20-67-39(56)16-48(17-40(57)68-21-64-25(2)51)14-32-37(71-28(5)54)11-9-35-43(32)73-44-33(15-49(18-41(58)69-22-65-26(3)52)19-42(59)70-23-66-27(4)53)38(72-29(6)55)12-10-36(44)47(35)34-8-7-30(45(60)61)13-31(34)46(62)74-47/h7-13,46,62H,14-23H2,1-6H3,(H,60,61). The molecule has 1 atom stereocenters. The Morgan fingerprint density at radius 2 is 0.851 bits per heavy atom. The van der Waals surface area contributed by atoms with Gasteiger partial charge < -0.3 is 67.1 Å². The first-order chi connectivity index (χ1) is 35.0. The molecule has 2 aliphatic heterocycles. The summed E-state index contributed by atoms with van der Waals surface area (Å²) in [5.41, 5.74) is -2.56. The Morgan fingerprint density at radius 1 is 0.500 bits per heavy atom. The first-order valence-electron chi connectivity index (χ1n) is 21.7. The van der Waals surface area contributed by atoms with Gasteiger partial charge in [-0.1, -0.05) is 6.07 Å². The minimum Gasteiger partial charge on any atom is -0.478 e. The van der Waals surface area contributed by atoms with Crippen LogP contribution in [0.15, 0.2) is 42.5 Å². The molecule has 27 heteroatoms. The highest BCUT2D eigenvalue weighted by Crippen LogP contribution is 2.61. The van der Waals surface area contributed by atoms with Gasteiger partial charge in [-0.3, -0.25) is 57.7 Å². The smallest absolute Gasteiger partial charge is 0.335 e. The van der Waals surface area contributed by atoms with E-state index < -0.39 is 144 Å². The van der Waals surface area contributed by atoms with E-state index in [0.29, 0.717) is 0 Å². The number of carbonyl (C=O) groups excluding carboxylic acids is 10. The van der Waals surface area contributed by atoms with Gasteiger partial charge in [0.05, 0.1) is 42.9 Å². The first-order valence-corrected chi connectivity index (χ1v) is 21.7. The largest absolute Gasteiger partial charge is 0.478 e. The van der Waals surface area contributed by atoms with E-state index in [4.69, 9.17) is 56.8 Å². The molecule has 0 aliphatic carbocycles. The molecular weight excluding hydrogens is 993 g/mol. The third-order valence-electron chi connectivity index (χ3n) is 10.2. The average Bonchev–Trinajstić information content (AvgIpc) is 3.58. The maximum atomic E-state index is 13.2. The van der Waals surface area contributed by atoms with Crippen molar-refractivity contribution in [1.29, 1.82) is 0 Å². The van der Waals surface area contributed by atoms with E-state index in [9.17, 15) is 63.0 Å². The van der Waals surface area contributed by atoms with Crippen molar-refractivity contribution in [2.24, 2.45) is 0 Å². The SMILES string of the molecule is CC(=O)OCOC(=O)CN(CC(=O)OCOC(C)=O)Cc1c(OC(C)=O)ccc2c1Oc1c(ccc(OC(C)=O)c1CN(CC(=O)OCOC(C)=O)CC(=O)OCOC(C)=O)C21OC(O)c2cc(C(=O)O)ccc21. The normalized spacial score (nSPS) is 13.4. The second-order valence-corrected chi connectivity index (χ2v) is 15.8. The van der Waals surface area contributed by atoms with Crippen LogP contribution in [0.2, 0.25) is 0 Å². The van der Waals surface area contributed by atoms with Gasteiger partial charge in [-0.2, -0.15) is 0 Å². The van der Waals surface area contributed by atoms with Crippen molar-refractivity contribution >= 4 is 65.7 Å². The Labute approximate surface area is 418 Å². The second-order valence-electron chi connectivity index (χ2n) is 15.8. The van der Waals surface area contributed by atoms with Gasteiger partial charge in [0.25, 0.3) is 0 Å². The lowest BCUT2D eigenvalue weighted by Crippen LogP contribution is -2.38. The van der Waals surface area contributed by atoms with Crippen LogP contribution in [0.4, 0.5) is 0 Å². The Bertz CT molecular complexity index is 2520. The summed E-state index contributed by atoms with van der Waals surface area (Å²) in [4.78, 5) is 139. The van der Waals surface area contributed by atoms with E-state index >= 15 is 0 Å². The van der Waals surface area contributed by atoms with Gasteiger partial charge in [0, 0.05) is 76.9 Å². The number of esters is 10. The molecule has 0 saturated carbocycles. The highest BCUT2D eigenvalue weighted by Gasteiger charge is 2.54. The fourth-order valence-corrected chi connectivity index (χ4v) is 7.40. The molecule has 0 amide bonds. The predicted molar refractivity (Wildman–Crippen MR) is 236 cm³/mol.